The first-order chi connectivity index (χ1) is 14.4. The van der Waals surface area contributed by atoms with Gasteiger partial charge in [0.25, 0.3) is 0 Å². The number of benzene rings is 2. The highest BCUT2D eigenvalue weighted by Crippen LogP contribution is 2.27. The molecule has 0 atom stereocenters. The van der Waals surface area contributed by atoms with Gasteiger partial charge >= 0.3 is 0 Å². The average Bonchev–Trinajstić information content (AvgIpc) is 2.74. The van der Waals surface area contributed by atoms with Gasteiger partial charge in [-0.3, -0.25) is 0 Å². The second kappa shape index (κ2) is 8.34. The topological polar surface area (TPSA) is 66.4 Å². The summed E-state index contributed by atoms with van der Waals surface area (Å²) in [4.78, 5) is 2.20. The highest BCUT2D eigenvalue weighted by atomic mass is 35.5. The van der Waals surface area contributed by atoms with Gasteiger partial charge in [0.2, 0.25) is 10.0 Å². The van der Waals surface area contributed by atoms with Gasteiger partial charge < -0.3 is 4.90 Å². The van der Waals surface area contributed by atoms with Gasteiger partial charge in [-0.1, -0.05) is 47.5 Å². The second-order valence-corrected chi connectivity index (χ2v) is 9.73. The van der Waals surface area contributed by atoms with Crippen molar-refractivity contribution in [3.63, 3.8) is 0 Å². The van der Waals surface area contributed by atoms with Crippen molar-refractivity contribution in [1.82, 2.24) is 14.5 Å². The Bertz CT molecular complexity index is 1160. The van der Waals surface area contributed by atoms with Crippen LogP contribution in [0.5, 0.6) is 0 Å². The number of anilines is 1. The number of hydrogen-bond acceptors (Lipinski definition) is 5. The van der Waals surface area contributed by atoms with Crippen LogP contribution in [0.4, 0.5) is 5.82 Å². The summed E-state index contributed by atoms with van der Waals surface area (Å²) in [5, 5.41) is 9.03. The quantitative estimate of drug-likeness (QED) is 0.612. The molecule has 156 valence electrons. The largest absolute Gasteiger partial charge is 0.352 e. The number of halogens is 1. The minimum Gasteiger partial charge on any atom is -0.352 e. The average molecular weight is 443 g/mol. The first-order valence-corrected chi connectivity index (χ1v) is 11.6. The van der Waals surface area contributed by atoms with Gasteiger partial charge in [0.05, 0.1) is 10.7 Å². The van der Waals surface area contributed by atoms with E-state index < -0.39 is 10.0 Å². The molecule has 0 radical (unpaired) electrons. The number of piperazine rings is 1. The molecule has 1 aromatic heterocycles. The monoisotopic (exact) mass is 442 g/mol. The minimum absolute atomic E-state index is 0.151. The molecule has 0 unspecified atom stereocenters. The molecule has 4 rings (SSSR count). The number of hydrogen-bond donors (Lipinski definition) is 0. The van der Waals surface area contributed by atoms with E-state index in [4.69, 9.17) is 11.6 Å². The predicted octanol–water partition coefficient (Wildman–Crippen LogP) is 3.92. The molecular weight excluding hydrogens is 420 g/mol. The fourth-order valence-corrected chi connectivity index (χ4v) is 5.60. The van der Waals surface area contributed by atoms with Crippen molar-refractivity contribution in [2.45, 2.75) is 18.7 Å². The molecule has 0 amide bonds. The van der Waals surface area contributed by atoms with Gasteiger partial charge in [-0.2, -0.15) is 4.31 Å². The molecule has 1 aliphatic rings. The van der Waals surface area contributed by atoms with Crippen molar-refractivity contribution in [3.05, 3.63) is 70.7 Å². The van der Waals surface area contributed by atoms with Gasteiger partial charge in [0, 0.05) is 31.7 Å². The van der Waals surface area contributed by atoms with Crippen LogP contribution in [0.1, 0.15) is 11.1 Å². The Balaban J connectivity index is 1.46. The van der Waals surface area contributed by atoms with E-state index >= 15 is 0 Å². The lowest BCUT2D eigenvalue weighted by Gasteiger charge is -2.34. The van der Waals surface area contributed by atoms with E-state index in [1.54, 1.807) is 24.3 Å². The SMILES string of the molecule is Cc1ccc(-c2ccc(N3CCN(S(=O)(=O)c4ccccc4Cl)CC3)nn2)c(C)c1. The van der Waals surface area contributed by atoms with Crippen molar-refractivity contribution in [1.29, 1.82) is 0 Å². The van der Waals surface area contributed by atoms with Crippen LogP contribution in [0.2, 0.25) is 5.02 Å². The Morgan fingerprint density at radius 1 is 0.900 bits per heavy atom. The summed E-state index contributed by atoms with van der Waals surface area (Å²) in [5.41, 5.74) is 4.27. The van der Waals surface area contributed by atoms with Crippen LogP contribution >= 0.6 is 11.6 Å². The first-order valence-electron chi connectivity index (χ1n) is 9.77. The molecule has 2 aromatic carbocycles. The molecule has 30 heavy (non-hydrogen) atoms. The van der Waals surface area contributed by atoms with Gasteiger partial charge in [0.15, 0.2) is 5.82 Å². The second-order valence-electron chi connectivity index (χ2n) is 7.42. The maximum atomic E-state index is 12.9. The summed E-state index contributed by atoms with van der Waals surface area (Å²) in [5.74, 6) is 0.748. The Morgan fingerprint density at radius 3 is 2.27 bits per heavy atom. The third kappa shape index (κ3) is 4.05. The van der Waals surface area contributed by atoms with Crippen LogP contribution in [0.25, 0.3) is 11.3 Å². The zero-order chi connectivity index (χ0) is 21.3. The van der Waals surface area contributed by atoms with Crippen molar-refractivity contribution in [3.8, 4) is 11.3 Å². The summed E-state index contributed by atoms with van der Waals surface area (Å²) >= 11 is 6.10. The van der Waals surface area contributed by atoms with Crippen LogP contribution in [-0.2, 0) is 10.0 Å². The van der Waals surface area contributed by atoms with E-state index in [1.807, 2.05) is 12.1 Å². The van der Waals surface area contributed by atoms with Crippen LogP contribution in [0.15, 0.2) is 59.5 Å². The van der Waals surface area contributed by atoms with Crippen LogP contribution in [0, 0.1) is 13.8 Å². The van der Waals surface area contributed by atoms with Gasteiger partial charge in [-0.15, -0.1) is 10.2 Å². The number of aromatic nitrogens is 2. The van der Waals surface area contributed by atoms with E-state index in [-0.39, 0.29) is 9.92 Å². The summed E-state index contributed by atoms with van der Waals surface area (Å²) in [7, 11) is -3.61. The molecule has 0 aliphatic carbocycles. The Labute approximate surface area is 182 Å². The number of aryl methyl sites for hydroxylation is 2. The van der Waals surface area contributed by atoms with Crippen LogP contribution < -0.4 is 4.90 Å². The van der Waals surface area contributed by atoms with Gasteiger partial charge in [-0.05, 0) is 43.7 Å². The van der Waals surface area contributed by atoms with E-state index in [0.717, 1.165) is 22.6 Å². The molecule has 1 saturated heterocycles. The summed E-state index contributed by atoms with van der Waals surface area (Å²) < 4.78 is 27.3. The van der Waals surface area contributed by atoms with Crippen molar-refractivity contribution in [2.24, 2.45) is 0 Å². The Kier molecular flexibility index (Phi) is 5.77. The molecule has 6 nitrogen and oxygen atoms in total. The van der Waals surface area contributed by atoms with E-state index in [9.17, 15) is 8.42 Å². The van der Waals surface area contributed by atoms with Gasteiger partial charge in [-0.25, -0.2) is 8.42 Å². The fraction of sp³-hybridized carbons (Fsp3) is 0.273. The molecule has 0 N–H and O–H groups in total. The Hall–Kier alpha value is -2.48. The lowest BCUT2D eigenvalue weighted by atomic mass is 10.0. The third-order valence-corrected chi connectivity index (χ3v) is 7.72. The van der Waals surface area contributed by atoms with Crippen LogP contribution in [-0.4, -0.2) is 49.1 Å². The van der Waals surface area contributed by atoms with Crippen molar-refractivity contribution >= 4 is 27.4 Å². The highest BCUT2D eigenvalue weighted by Gasteiger charge is 2.30. The third-order valence-electron chi connectivity index (χ3n) is 5.33. The molecule has 8 heteroatoms. The van der Waals surface area contributed by atoms with Crippen molar-refractivity contribution < 1.29 is 8.42 Å². The number of nitrogens with zero attached hydrogens (tertiary/aromatic N) is 4. The summed E-state index contributed by atoms with van der Waals surface area (Å²) in [6.07, 6.45) is 0. The maximum Gasteiger partial charge on any atom is 0.244 e. The fourth-order valence-electron chi connectivity index (χ4n) is 3.69. The van der Waals surface area contributed by atoms with Gasteiger partial charge in [0.1, 0.15) is 4.90 Å². The zero-order valence-electron chi connectivity index (χ0n) is 16.9. The summed E-state index contributed by atoms with van der Waals surface area (Å²) in [6, 6.07) is 16.7. The van der Waals surface area contributed by atoms with E-state index in [0.29, 0.717) is 26.2 Å². The lowest BCUT2D eigenvalue weighted by Crippen LogP contribution is -2.49. The highest BCUT2D eigenvalue weighted by molar-refractivity contribution is 7.89. The molecule has 1 aliphatic heterocycles. The predicted molar refractivity (Wildman–Crippen MR) is 119 cm³/mol. The molecule has 3 aromatic rings. The van der Waals surface area contributed by atoms with E-state index in [2.05, 4.69) is 47.1 Å². The first kappa shape index (κ1) is 20.8. The summed E-state index contributed by atoms with van der Waals surface area (Å²) in [6.45, 7) is 5.96. The molecule has 0 saturated carbocycles. The number of sulfonamides is 1. The maximum absolute atomic E-state index is 12.9. The zero-order valence-corrected chi connectivity index (χ0v) is 18.5. The standard InChI is InChI=1S/C22H23ClN4O2S/c1-16-7-8-18(17(2)15-16)20-9-10-22(25-24-20)26-11-13-27(14-12-26)30(28,29)21-6-4-3-5-19(21)23/h3-10,15H,11-14H2,1-2H3. The molecule has 0 bridgehead atoms. The molecular formula is C22H23ClN4O2S. The molecule has 1 fully saturated rings. The van der Waals surface area contributed by atoms with E-state index in [1.165, 1.54) is 9.87 Å². The van der Waals surface area contributed by atoms with Crippen molar-refractivity contribution in [2.75, 3.05) is 31.1 Å². The smallest absolute Gasteiger partial charge is 0.244 e. The molecule has 2 heterocycles. The lowest BCUT2D eigenvalue weighted by molar-refractivity contribution is 0.383. The minimum atomic E-state index is -3.61. The normalized spacial score (nSPS) is 15.4. The number of rotatable bonds is 4. The molecule has 0 spiro atoms. The van der Waals surface area contributed by atoms with Crippen LogP contribution in [0.3, 0.4) is 0 Å². The Morgan fingerprint density at radius 2 is 1.63 bits per heavy atom.